The number of amides is 1. The molecule has 38 heavy (non-hydrogen) atoms. The number of hydrogen-bond donors (Lipinski definition) is 1. The molecule has 1 fully saturated rings. The summed E-state index contributed by atoms with van der Waals surface area (Å²) in [6, 6.07) is 6.49. The summed E-state index contributed by atoms with van der Waals surface area (Å²) in [6.07, 6.45) is 0.616. The highest BCUT2D eigenvalue weighted by Gasteiger charge is 2.60. The minimum Gasteiger partial charge on any atom is -0.496 e. The van der Waals surface area contributed by atoms with Crippen LogP contribution in [-0.4, -0.2) is 51.9 Å². The number of carbonyl (C=O) groups is 2. The van der Waals surface area contributed by atoms with Gasteiger partial charge in [-0.25, -0.2) is 4.79 Å². The summed E-state index contributed by atoms with van der Waals surface area (Å²) < 4.78 is 17.0. The Morgan fingerprint density at radius 1 is 1.18 bits per heavy atom. The van der Waals surface area contributed by atoms with Crippen LogP contribution in [-0.2, 0) is 14.9 Å². The molecule has 3 rings (SSSR count). The fourth-order valence-corrected chi connectivity index (χ4v) is 5.58. The Kier molecular flexibility index (Phi) is 8.37. The van der Waals surface area contributed by atoms with Gasteiger partial charge in [-0.15, -0.1) is 0 Å². The van der Waals surface area contributed by atoms with Crippen LogP contribution in [0.4, 0.5) is 0 Å². The number of aliphatic hydroxyl groups is 1. The number of aliphatic hydroxyl groups excluding tert-OH is 1. The van der Waals surface area contributed by atoms with Crippen molar-refractivity contribution in [2.75, 3.05) is 13.7 Å². The molecule has 8 nitrogen and oxygen atoms in total. The highest BCUT2D eigenvalue weighted by molar-refractivity contribution is 5.99. The predicted octanol–water partition coefficient (Wildman–Crippen LogP) is 5.61. The van der Waals surface area contributed by atoms with Crippen molar-refractivity contribution >= 4 is 11.9 Å². The first-order chi connectivity index (χ1) is 17.5. The molecule has 8 heteroatoms. The lowest BCUT2D eigenvalue weighted by Crippen LogP contribution is -2.56. The van der Waals surface area contributed by atoms with E-state index in [1.807, 2.05) is 40.7 Å². The maximum atomic E-state index is 14.5. The first-order valence-corrected chi connectivity index (χ1v) is 13.3. The maximum Gasteiger partial charge on any atom is 0.332 e. The minimum absolute atomic E-state index is 0.0627. The number of benzene rings is 1. The fourth-order valence-electron chi connectivity index (χ4n) is 5.58. The molecule has 1 aromatic heterocycles. The van der Waals surface area contributed by atoms with Crippen LogP contribution in [0.25, 0.3) is 0 Å². The molecule has 1 aliphatic heterocycles. The van der Waals surface area contributed by atoms with E-state index in [1.54, 1.807) is 37.1 Å². The molecule has 1 aliphatic rings. The largest absolute Gasteiger partial charge is 0.496 e. The Hall–Kier alpha value is -2.87. The van der Waals surface area contributed by atoms with E-state index < -0.39 is 29.1 Å². The van der Waals surface area contributed by atoms with Crippen molar-refractivity contribution in [2.24, 2.45) is 11.8 Å². The van der Waals surface area contributed by atoms with Gasteiger partial charge in [0.1, 0.15) is 28.3 Å². The van der Waals surface area contributed by atoms with Gasteiger partial charge >= 0.3 is 5.97 Å². The molecular weight excluding hydrogens is 484 g/mol. The van der Waals surface area contributed by atoms with Gasteiger partial charge in [-0.05, 0) is 69.6 Å². The highest BCUT2D eigenvalue weighted by Crippen LogP contribution is 2.51. The van der Waals surface area contributed by atoms with Crippen LogP contribution >= 0.6 is 0 Å². The van der Waals surface area contributed by atoms with Gasteiger partial charge < -0.3 is 24.0 Å². The van der Waals surface area contributed by atoms with Crippen LogP contribution in [0.1, 0.15) is 102 Å². The number of carbonyl (C=O) groups excluding carboxylic acids is 2. The van der Waals surface area contributed by atoms with Gasteiger partial charge in [-0.1, -0.05) is 45.8 Å². The molecule has 0 saturated carbocycles. The lowest BCUT2D eigenvalue weighted by atomic mass is 9.83. The summed E-state index contributed by atoms with van der Waals surface area (Å²) in [5, 5.41) is 14.7. The van der Waals surface area contributed by atoms with Crippen molar-refractivity contribution in [1.29, 1.82) is 0 Å². The Morgan fingerprint density at radius 3 is 2.32 bits per heavy atom. The number of hydrogen-bond acceptors (Lipinski definition) is 7. The summed E-state index contributed by atoms with van der Waals surface area (Å²) in [5.41, 5.74) is -0.404. The topological polar surface area (TPSA) is 102 Å². The number of esters is 1. The van der Waals surface area contributed by atoms with Crippen LogP contribution in [0.15, 0.2) is 28.8 Å². The third-order valence-corrected chi connectivity index (χ3v) is 6.97. The summed E-state index contributed by atoms with van der Waals surface area (Å²) in [5.74, 6) is -0.0256. The quantitative estimate of drug-likeness (QED) is 0.466. The lowest BCUT2D eigenvalue weighted by Gasteiger charge is -2.41. The zero-order chi connectivity index (χ0) is 28.6. The number of ether oxygens (including phenoxy) is 2. The van der Waals surface area contributed by atoms with E-state index in [4.69, 9.17) is 14.0 Å². The van der Waals surface area contributed by atoms with Crippen LogP contribution in [0, 0.1) is 18.8 Å². The number of aryl methyl sites for hydroxylation is 1. The molecule has 0 bridgehead atoms. The first-order valence-electron chi connectivity index (χ1n) is 13.3. The molecule has 1 amide bonds. The van der Waals surface area contributed by atoms with Crippen LogP contribution in [0.3, 0.4) is 0 Å². The SMILES string of the molecule is COc1cc(C(=O)N2[C@@H](c3cc(C)on3)[C@@H](CO)C[C@@]2(CC(C)C)C(=O)OC(C)(C)C)ccc1C(C)(C)C. The second-order valence-corrected chi connectivity index (χ2v) is 12.9. The van der Waals surface area contributed by atoms with Gasteiger partial charge in [-0.3, -0.25) is 4.79 Å². The van der Waals surface area contributed by atoms with Crippen molar-refractivity contribution in [2.45, 2.75) is 97.8 Å². The number of likely N-dealkylation sites (tertiary alicyclic amines) is 1. The van der Waals surface area contributed by atoms with Crippen molar-refractivity contribution < 1.29 is 28.7 Å². The van der Waals surface area contributed by atoms with Crippen LogP contribution in [0.5, 0.6) is 5.75 Å². The Morgan fingerprint density at radius 2 is 1.84 bits per heavy atom. The van der Waals surface area contributed by atoms with Crippen molar-refractivity contribution in [3.05, 3.63) is 46.8 Å². The Labute approximate surface area is 226 Å². The first kappa shape index (κ1) is 29.7. The molecule has 2 heterocycles. The van der Waals surface area contributed by atoms with E-state index in [-0.39, 0.29) is 30.3 Å². The Balaban J connectivity index is 2.26. The van der Waals surface area contributed by atoms with E-state index >= 15 is 0 Å². The van der Waals surface area contributed by atoms with E-state index in [0.29, 0.717) is 29.2 Å². The minimum atomic E-state index is -1.31. The molecule has 0 unspecified atom stereocenters. The normalized spacial score (nSPS) is 22.2. The van der Waals surface area contributed by atoms with Crippen molar-refractivity contribution in [3.63, 3.8) is 0 Å². The second kappa shape index (κ2) is 10.7. The van der Waals surface area contributed by atoms with Gasteiger partial charge in [0.15, 0.2) is 0 Å². The zero-order valence-corrected chi connectivity index (χ0v) is 24.5. The number of rotatable bonds is 7. The van der Waals surface area contributed by atoms with Gasteiger partial charge in [0.2, 0.25) is 0 Å². The average molecular weight is 529 g/mol. The van der Waals surface area contributed by atoms with Crippen LogP contribution in [0.2, 0.25) is 0 Å². The molecule has 3 atom stereocenters. The van der Waals surface area contributed by atoms with Crippen LogP contribution < -0.4 is 4.74 Å². The lowest BCUT2D eigenvalue weighted by molar-refractivity contribution is -0.168. The zero-order valence-electron chi connectivity index (χ0n) is 24.5. The molecule has 0 aliphatic carbocycles. The third-order valence-electron chi connectivity index (χ3n) is 6.97. The van der Waals surface area contributed by atoms with Gasteiger partial charge in [0.25, 0.3) is 5.91 Å². The monoisotopic (exact) mass is 528 g/mol. The van der Waals surface area contributed by atoms with Crippen molar-refractivity contribution in [3.8, 4) is 5.75 Å². The van der Waals surface area contributed by atoms with Gasteiger partial charge in [-0.2, -0.15) is 0 Å². The number of aromatic nitrogens is 1. The molecular formula is C30H44N2O6. The average Bonchev–Trinajstić information content (AvgIpc) is 3.37. The predicted molar refractivity (Wildman–Crippen MR) is 145 cm³/mol. The maximum absolute atomic E-state index is 14.5. The summed E-state index contributed by atoms with van der Waals surface area (Å²) in [6.45, 7) is 17.3. The summed E-state index contributed by atoms with van der Waals surface area (Å²) >= 11 is 0. The molecule has 2 aromatic rings. The van der Waals surface area contributed by atoms with Gasteiger partial charge in [0.05, 0.1) is 13.2 Å². The summed E-state index contributed by atoms with van der Waals surface area (Å²) in [4.78, 5) is 30.2. The van der Waals surface area contributed by atoms with E-state index in [9.17, 15) is 14.7 Å². The standard InChI is InChI=1S/C30H44N2O6/c1-18(2)15-30(27(35)37-29(7,8)9)16-21(17-33)25(23-13-19(3)38-31-23)32(30)26(34)20-11-12-22(28(4,5)6)24(14-20)36-10/h11-14,18,21,25,33H,15-17H2,1-10H3/t21-,25-,30+/m1/s1. The number of methoxy groups -OCH3 is 1. The highest BCUT2D eigenvalue weighted by atomic mass is 16.6. The molecule has 1 aromatic carbocycles. The molecule has 210 valence electrons. The molecule has 1 N–H and O–H groups in total. The van der Waals surface area contributed by atoms with Crippen molar-refractivity contribution in [1.82, 2.24) is 10.1 Å². The third kappa shape index (κ3) is 5.90. The molecule has 1 saturated heterocycles. The smallest absolute Gasteiger partial charge is 0.332 e. The van der Waals surface area contributed by atoms with E-state index in [1.165, 1.54) is 0 Å². The Bertz CT molecular complexity index is 1160. The van der Waals surface area contributed by atoms with E-state index in [0.717, 1.165) is 5.56 Å². The second-order valence-electron chi connectivity index (χ2n) is 12.9. The van der Waals surface area contributed by atoms with Gasteiger partial charge in [0, 0.05) is 24.2 Å². The molecule has 0 spiro atoms. The molecule has 0 radical (unpaired) electrons. The fraction of sp³-hybridized carbons (Fsp3) is 0.633. The van der Waals surface area contributed by atoms with E-state index in [2.05, 4.69) is 25.9 Å². The summed E-state index contributed by atoms with van der Waals surface area (Å²) in [7, 11) is 1.58. The number of nitrogens with zero attached hydrogens (tertiary/aromatic N) is 2.